The molecule has 0 radical (unpaired) electrons. The van der Waals surface area contributed by atoms with Gasteiger partial charge in [-0.05, 0) is 40.2 Å². The standard InChI is InChI=1S/C16H24N6O3/c1-16(2,3)25-13(24)11-6-4-5-7-21(11)9-10-8-12(23)22-15(18-10)19-14(17)20-22/h8,11H,4-7,9H2,1-3H3,(H3,17,18,19,20). The molecule has 3 rings (SSSR count). The summed E-state index contributed by atoms with van der Waals surface area (Å²) < 4.78 is 6.74. The number of ether oxygens (including phenoxy) is 1. The molecule has 9 nitrogen and oxygen atoms in total. The van der Waals surface area contributed by atoms with Gasteiger partial charge < -0.3 is 10.5 Å². The summed E-state index contributed by atoms with van der Waals surface area (Å²) in [6.07, 6.45) is 2.72. The van der Waals surface area contributed by atoms with E-state index in [4.69, 9.17) is 10.5 Å². The van der Waals surface area contributed by atoms with Crippen molar-refractivity contribution in [2.45, 2.75) is 58.2 Å². The number of hydrogen-bond acceptors (Lipinski definition) is 7. The first-order valence-corrected chi connectivity index (χ1v) is 8.44. The van der Waals surface area contributed by atoms with E-state index < -0.39 is 5.60 Å². The zero-order valence-electron chi connectivity index (χ0n) is 14.8. The molecule has 0 amide bonds. The molecular formula is C16H24N6O3. The van der Waals surface area contributed by atoms with Crippen LogP contribution in [-0.4, -0.2) is 48.6 Å². The van der Waals surface area contributed by atoms with Gasteiger partial charge in [0.25, 0.3) is 11.3 Å². The van der Waals surface area contributed by atoms with Crippen LogP contribution in [0.3, 0.4) is 0 Å². The van der Waals surface area contributed by atoms with Crippen molar-refractivity contribution in [3.63, 3.8) is 0 Å². The number of rotatable bonds is 3. The van der Waals surface area contributed by atoms with E-state index in [9.17, 15) is 9.59 Å². The lowest BCUT2D eigenvalue weighted by atomic mass is 10.0. The number of likely N-dealkylation sites (tertiary alicyclic amines) is 1. The molecule has 1 aliphatic rings. The van der Waals surface area contributed by atoms with Crippen LogP contribution in [-0.2, 0) is 16.1 Å². The van der Waals surface area contributed by atoms with Gasteiger partial charge >= 0.3 is 5.97 Å². The highest BCUT2D eigenvalue weighted by molar-refractivity contribution is 5.76. The number of esters is 1. The highest BCUT2D eigenvalue weighted by Gasteiger charge is 2.32. The Labute approximate surface area is 145 Å². The van der Waals surface area contributed by atoms with Crippen molar-refractivity contribution in [3.05, 3.63) is 22.1 Å². The third-order valence-electron chi connectivity index (χ3n) is 4.06. The first-order valence-electron chi connectivity index (χ1n) is 8.44. The van der Waals surface area contributed by atoms with Crippen LogP contribution in [0.5, 0.6) is 0 Å². The number of aromatic amines is 1. The Morgan fingerprint density at radius 1 is 1.40 bits per heavy atom. The van der Waals surface area contributed by atoms with Crippen molar-refractivity contribution in [2.75, 3.05) is 12.3 Å². The fraction of sp³-hybridized carbons (Fsp3) is 0.625. The Balaban J connectivity index is 1.82. The first kappa shape index (κ1) is 17.4. The molecule has 2 aromatic rings. The largest absolute Gasteiger partial charge is 0.459 e. The normalized spacial score (nSPS) is 19.2. The number of piperidine rings is 1. The molecule has 1 atom stereocenters. The van der Waals surface area contributed by atoms with E-state index in [1.807, 2.05) is 25.7 Å². The Hall–Kier alpha value is -2.42. The van der Waals surface area contributed by atoms with Crippen LogP contribution in [0.1, 0.15) is 45.7 Å². The van der Waals surface area contributed by atoms with E-state index in [2.05, 4.69) is 15.1 Å². The Morgan fingerprint density at radius 2 is 2.16 bits per heavy atom. The van der Waals surface area contributed by atoms with E-state index in [1.165, 1.54) is 10.6 Å². The summed E-state index contributed by atoms with van der Waals surface area (Å²) in [6, 6.07) is 1.11. The summed E-state index contributed by atoms with van der Waals surface area (Å²) in [5.41, 5.74) is 5.33. The van der Waals surface area contributed by atoms with Crippen LogP contribution >= 0.6 is 0 Å². The molecule has 0 aliphatic carbocycles. The highest BCUT2D eigenvalue weighted by atomic mass is 16.6. The second-order valence-electron chi connectivity index (χ2n) is 7.35. The van der Waals surface area contributed by atoms with Crippen molar-refractivity contribution in [2.24, 2.45) is 0 Å². The van der Waals surface area contributed by atoms with E-state index in [0.29, 0.717) is 12.2 Å². The van der Waals surface area contributed by atoms with Gasteiger partial charge in [-0.25, -0.2) is 4.98 Å². The number of nitrogens with zero attached hydrogens (tertiary/aromatic N) is 4. The fourth-order valence-electron chi connectivity index (χ4n) is 3.05. The van der Waals surface area contributed by atoms with Crippen molar-refractivity contribution in [1.82, 2.24) is 24.5 Å². The van der Waals surface area contributed by atoms with E-state index in [0.717, 1.165) is 25.8 Å². The highest BCUT2D eigenvalue weighted by Crippen LogP contribution is 2.22. The molecule has 2 aromatic heterocycles. The van der Waals surface area contributed by atoms with Crippen LogP contribution < -0.4 is 11.3 Å². The molecule has 3 heterocycles. The Bertz CT molecular complexity index is 834. The summed E-state index contributed by atoms with van der Waals surface area (Å²) in [5, 5.41) is 2.63. The second kappa shape index (κ2) is 6.47. The molecule has 1 unspecified atom stereocenters. The van der Waals surface area contributed by atoms with Crippen molar-refractivity contribution < 1.29 is 9.53 Å². The van der Waals surface area contributed by atoms with Crippen molar-refractivity contribution >= 4 is 17.7 Å². The van der Waals surface area contributed by atoms with Gasteiger partial charge in [0.05, 0.1) is 5.69 Å². The number of nitrogen functional groups attached to an aromatic ring is 1. The van der Waals surface area contributed by atoms with Crippen LogP contribution in [0.2, 0.25) is 0 Å². The number of hydrogen-bond donors (Lipinski definition) is 2. The zero-order chi connectivity index (χ0) is 18.2. The zero-order valence-corrected chi connectivity index (χ0v) is 14.8. The molecule has 25 heavy (non-hydrogen) atoms. The molecule has 1 fully saturated rings. The van der Waals surface area contributed by atoms with Gasteiger partial charge in [-0.1, -0.05) is 6.42 Å². The predicted octanol–water partition coefficient (Wildman–Crippen LogP) is 0.696. The maximum absolute atomic E-state index is 12.5. The average Bonchev–Trinajstić information content (AvgIpc) is 2.87. The van der Waals surface area contributed by atoms with Gasteiger partial charge in [-0.2, -0.15) is 9.50 Å². The van der Waals surface area contributed by atoms with E-state index in [1.54, 1.807) is 0 Å². The number of aromatic nitrogens is 4. The third kappa shape index (κ3) is 3.98. The number of carbonyl (C=O) groups excluding carboxylic acids is 1. The van der Waals surface area contributed by atoms with Gasteiger partial charge in [0.1, 0.15) is 11.6 Å². The van der Waals surface area contributed by atoms with Gasteiger partial charge in [0, 0.05) is 12.6 Å². The minimum Gasteiger partial charge on any atom is -0.459 e. The summed E-state index contributed by atoms with van der Waals surface area (Å²) in [4.78, 5) is 35.0. The maximum Gasteiger partial charge on any atom is 0.323 e. The van der Waals surface area contributed by atoms with E-state index in [-0.39, 0.29) is 29.3 Å². The number of carbonyl (C=O) groups is 1. The van der Waals surface area contributed by atoms with Crippen LogP contribution in [0.4, 0.5) is 5.95 Å². The molecule has 1 aliphatic heterocycles. The number of anilines is 1. The summed E-state index contributed by atoms with van der Waals surface area (Å²) in [5.74, 6) is 0.131. The molecule has 0 aromatic carbocycles. The molecule has 9 heteroatoms. The topological polar surface area (TPSA) is 119 Å². The minimum atomic E-state index is -0.525. The molecule has 0 saturated carbocycles. The lowest BCUT2D eigenvalue weighted by molar-refractivity contribution is -0.163. The Kier molecular flexibility index (Phi) is 4.51. The molecule has 3 N–H and O–H groups in total. The molecule has 0 bridgehead atoms. The van der Waals surface area contributed by atoms with Crippen molar-refractivity contribution in [1.29, 1.82) is 0 Å². The second-order valence-corrected chi connectivity index (χ2v) is 7.35. The predicted molar refractivity (Wildman–Crippen MR) is 91.9 cm³/mol. The lowest BCUT2D eigenvalue weighted by Crippen LogP contribution is -2.47. The van der Waals surface area contributed by atoms with E-state index >= 15 is 0 Å². The lowest BCUT2D eigenvalue weighted by Gasteiger charge is -2.35. The summed E-state index contributed by atoms with van der Waals surface area (Å²) >= 11 is 0. The smallest absolute Gasteiger partial charge is 0.323 e. The van der Waals surface area contributed by atoms with Crippen LogP contribution in [0.15, 0.2) is 10.9 Å². The molecular weight excluding hydrogens is 324 g/mol. The number of nitrogens with one attached hydrogen (secondary N) is 1. The maximum atomic E-state index is 12.5. The average molecular weight is 348 g/mol. The Morgan fingerprint density at radius 3 is 2.88 bits per heavy atom. The number of nitrogens with two attached hydrogens (primary N) is 1. The van der Waals surface area contributed by atoms with Gasteiger partial charge in [-0.15, -0.1) is 0 Å². The molecule has 136 valence electrons. The van der Waals surface area contributed by atoms with Crippen LogP contribution in [0, 0.1) is 0 Å². The minimum absolute atomic E-state index is 0.131. The van der Waals surface area contributed by atoms with Gasteiger partial charge in [-0.3, -0.25) is 19.6 Å². The fourth-order valence-corrected chi connectivity index (χ4v) is 3.05. The number of fused-ring (bicyclic) bond motifs is 1. The van der Waals surface area contributed by atoms with Crippen molar-refractivity contribution in [3.8, 4) is 0 Å². The molecule has 0 spiro atoms. The van der Waals surface area contributed by atoms with Gasteiger partial charge in [0.15, 0.2) is 0 Å². The first-order chi connectivity index (χ1) is 11.7. The molecule has 1 saturated heterocycles. The summed E-state index contributed by atoms with van der Waals surface area (Å²) in [7, 11) is 0. The summed E-state index contributed by atoms with van der Waals surface area (Å²) in [6.45, 7) is 6.72. The quantitative estimate of drug-likeness (QED) is 0.784. The number of H-pyrrole nitrogens is 1. The monoisotopic (exact) mass is 348 g/mol. The third-order valence-corrected chi connectivity index (χ3v) is 4.06. The SMILES string of the molecule is CC(C)(C)OC(=O)C1CCCCN1Cc1cc(=O)n2[nH]c(N)nc2n1. The van der Waals surface area contributed by atoms with Crippen LogP contribution in [0.25, 0.3) is 5.78 Å². The van der Waals surface area contributed by atoms with Gasteiger partial charge in [0.2, 0.25) is 5.95 Å².